The Kier molecular flexibility index (Phi) is 6.08. The third kappa shape index (κ3) is 5.06. The maximum atomic E-state index is 12.1. The molecule has 1 aliphatic carbocycles. The Morgan fingerprint density at radius 2 is 2.19 bits per heavy atom. The lowest BCUT2D eigenvalue weighted by Gasteiger charge is -2.27. The highest BCUT2D eigenvalue weighted by atomic mass is 16.1. The van der Waals surface area contributed by atoms with Gasteiger partial charge in [0.05, 0.1) is 18.4 Å². The largest absolute Gasteiger partial charge is 0.396 e. The molecule has 0 saturated heterocycles. The van der Waals surface area contributed by atoms with Gasteiger partial charge in [-0.3, -0.25) is 9.48 Å². The third-order valence-corrected chi connectivity index (χ3v) is 4.48. The van der Waals surface area contributed by atoms with Gasteiger partial charge in [-0.25, -0.2) is 0 Å². The van der Waals surface area contributed by atoms with Gasteiger partial charge in [-0.1, -0.05) is 26.2 Å². The van der Waals surface area contributed by atoms with E-state index >= 15 is 0 Å². The third-order valence-electron chi connectivity index (χ3n) is 4.48. The molecule has 3 N–H and O–H groups in total. The van der Waals surface area contributed by atoms with Crippen molar-refractivity contribution >= 4 is 11.6 Å². The van der Waals surface area contributed by atoms with E-state index in [4.69, 9.17) is 5.73 Å². The number of nitrogens with two attached hydrogens (primary N) is 1. The molecule has 21 heavy (non-hydrogen) atoms. The van der Waals surface area contributed by atoms with Crippen LogP contribution in [0.5, 0.6) is 0 Å². The summed E-state index contributed by atoms with van der Waals surface area (Å²) in [4.78, 5) is 12.1. The number of rotatable bonds is 7. The topological polar surface area (TPSA) is 72.9 Å². The summed E-state index contributed by atoms with van der Waals surface area (Å²) in [5.74, 6) is 1.27. The standard InChI is InChI=1S/C16H28N4O/c1-2-3-4-13-5-7-14(8-6-13)16(21)18-9-10-20-12-15(17)11-19-20/h11-14H,2-10,17H2,1H3,(H,18,21). The van der Waals surface area contributed by atoms with Crippen LogP contribution in [0.4, 0.5) is 5.69 Å². The molecule has 2 rings (SSSR count). The maximum absolute atomic E-state index is 12.1. The van der Waals surface area contributed by atoms with Gasteiger partial charge in [-0.2, -0.15) is 5.10 Å². The van der Waals surface area contributed by atoms with Crippen LogP contribution in [-0.4, -0.2) is 22.2 Å². The molecule has 1 aliphatic rings. The second-order valence-electron chi connectivity index (χ2n) is 6.19. The molecule has 1 heterocycles. The molecule has 1 fully saturated rings. The van der Waals surface area contributed by atoms with Crippen molar-refractivity contribution < 1.29 is 4.79 Å². The molecule has 0 bridgehead atoms. The highest BCUT2D eigenvalue weighted by Gasteiger charge is 2.25. The van der Waals surface area contributed by atoms with Crippen molar-refractivity contribution in [1.82, 2.24) is 15.1 Å². The number of carbonyl (C=O) groups is 1. The highest BCUT2D eigenvalue weighted by Crippen LogP contribution is 2.31. The van der Waals surface area contributed by atoms with Crippen LogP contribution in [0.3, 0.4) is 0 Å². The van der Waals surface area contributed by atoms with Gasteiger partial charge >= 0.3 is 0 Å². The minimum absolute atomic E-state index is 0.212. The van der Waals surface area contributed by atoms with Crippen molar-refractivity contribution in [3.63, 3.8) is 0 Å². The first-order valence-corrected chi connectivity index (χ1v) is 8.24. The molecule has 5 nitrogen and oxygen atoms in total. The first kappa shape index (κ1) is 15.9. The molecule has 118 valence electrons. The van der Waals surface area contributed by atoms with Gasteiger partial charge in [0.25, 0.3) is 0 Å². The van der Waals surface area contributed by atoms with Crippen molar-refractivity contribution in [3.8, 4) is 0 Å². The molecule has 0 spiro atoms. The van der Waals surface area contributed by atoms with Gasteiger partial charge in [0.2, 0.25) is 5.91 Å². The first-order valence-electron chi connectivity index (χ1n) is 8.24. The molecular formula is C16H28N4O. The molecule has 0 radical (unpaired) electrons. The van der Waals surface area contributed by atoms with E-state index in [9.17, 15) is 4.79 Å². The molecular weight excluding hydrogens is 264 g/mol. The second-order valence-corrected chi connectivity index (χ2v) is 6.19. The molecule has 0 unspecified atom stereocenters. The summed E-state index contributed by atoms with van der Waals surface area (Å²) in [5.41, 5.74) is 6.26. The average Bonchev–Trinajstić information content (AvgIpc) is 2.91. The van der Waals surface area contributed by atoms with Crippen LogP contribution in [0.2, 0.25) is 0 Å². The van der Waals surface area contributed by atoms with Crippen molar-refractivity contribution in [2.24, 2.45) is 11.8 Å². The van der Waals surface area contributed by atoms with Crippen molar-refractivity contribution in [2.45, 2.75) is 58.4 Å². The molecule has 0 aliphatic heterocycles. The second kappa shape index (κ2) is 8.05. The van der Waals surface area contributed by atoms with E-state index in [0.717, 1.165) is 18.8 Å². The summed E-state index contributed by atoms with van der Waals surface area (Å²) in [7, 11) is 0. The number of nitrogens with zero attached hydrogens (tertiary/aromatic N) is 2. The Bertz CT molecular complexity index is 435. The lowest BCUT2D eigenvalue weighted by molar-refractivity contribution is -0.126. The summed E-state index contributed by atoms with van der Waals surface area (Å²) in [5, 5.41) is 7.13. The number of amides is 1. The van der Waals surface area contributed by atoms with E-state index < -0.39 is 0 Å². The number of unbranched alkanes of at least 4 members (excludes halogenated alkanes) is 1. The summed E-state index contributed by atoms with van der Waals surface area (Å²) in [6.45, 7) is 3.54. The van der Waals surface area contributed by atoms with Crippen molar-refractivity contribution in [3.05, 3.63) is 12.4 Å². The maximum Gasteiger partial charge on any atom is 0.223 e. The molecule has 5 heteroatoms. The number of hydrogen-bond donors (Lipinski definition) is 2. The first-order chi connectivity index (χ1) is 10.2. The van der Waals surface area contributed by atoms with Crippen molar-refractivity contribution in [1.29, 1.82) is 0 Å². The zero-order chi connectivity index (χ0) is 15.1. The fourth-order valence-electron chi connectivity index (χ4n) is 3.15. The van der Waals surface area contributed by atoms with Gasteiger partial charge in [0, 0.05) is 18.7 Å². The zero-order valence-electron chi connectivity index (χ0n) is 13.1. The lowest BCUT2D eigenvalue weighted by Crippen LogP contribution is -2.35. The van der Waals surface area contributed by atoms with E-state index in [2.05, 4.69) is 17.3 Å². The number of carbonyl (C=O) groups excluding carboxylic acids is 1. The Morgan fingerprint density at radius 3 is 2.81 bits per heavy atom. The fraction of sp³-hybridized carbons (Fsp3) is 0.750. The smallest absolute Gasteiger partial charge is 0.223 e. The fourth-order valence-corrected chi connectivity index (χ4v) is 3.15. The van der Waals surface area contributed by atoms with Crippen LogP contribution in [-0.2, 0) is 11.3 Å². The number of anilines is 1. The zero-order valence-corrected chi connectivity index (χ0v) is 13.1. The van der Waals surface area contributed by atoms with Gasteiger partial charge in [0.1, 0.15) is 0 Å². The van der Waals surface area contributed by atoms with E-state index in [1.165, 1.54) is 32.1 Å². The molecule has 0 aromatic carbocycles. The number of hydrogen-bond acceptors (Lipinski definition) is 3. The van der Waals surface area contributed by atoms with E-state index in [1.807, 2.05) is 0 Å². The Labute approximate surface area is 127 Å². The highest BCUT2D eigenvalue weighted by molar-refractivity contribution is 5.78. The van der Waals surface area contributed by atoms with Gasteiger partial charge < -0.3 is 11.1 Å². The van der Waals surface area contributed by atoms with Crippen LogP contribution in [0, 0.1) is 11.8 Å². The minimum atomic E-state index is 0.212. The quantitative estimate of drug-likeness (QED) is 0.811. The van der Waals surface area contributed by atoms with Crippen molar-refractivity contribution in [2.75, 3.05) is 12.3 Å². The van der Waals surface area contributed by atoms with E-state index in [0.29, 0.717) is 18.8 Å². The summed E-state index contributed by atoms with van der Waals surface area (Å²) >= 11 is 0. The predicted octanol–water partition coefficient (Wildman–Crippen LogP) is 2.58. The molecule has 1 saturated carbocycles. The average molecular weight is 292 g/mol. The summed E-state index contributed by atoms with van der Waals surface area (Å²) < 4.78 is 1.76. The molecule has 1 aromatic rings. The SMILES string of the molecule is CCCCC1CCC(C(=O)NCCn2cc(N)cn2)CC1. The van der Waals surface area contributed by atoms with Crippen LogP contribution in [0.25, 0.3) is 0 Å². The van der Waals surface area contributed by atoms with Crippen LogP contribution in [0.1, 0.15) is 51.9 Å². The van der Waals surface area contributed by atoms with Gasteiger partial charge in [-0.15, -0.1) is 0 Å². The summed E-state index contributed by atoms with van der Waals surface area (Å²) in [6, 6.07) is 0. The summed E-state index contributed by atoms with van der Waals surface area (Å²) in [6.07, 6.45) is 11.9. The van der Waals surface area contributed by atoms with Crippen LogP contribution in [0.15, 0.2) is 12.4 Å². The number of nitrogens with one attached hydrogen (secondary N) is 1. The number of aromatic nitrogens is 2. The van der Waals surface area contributed by atoms with Crippen LogP contribution < -0.4 is 11.1 Å². The normalized spacial score (nSPS) is 22.1. The Hall–Kier alpha value is -1.52. The van der Waals surface area contributed by atoms with Gasteiger partial charge in [0.15, 0.2) is 0 Å². The van der Waals surface area contributed by atoms with E-state index in [-0.39, 0.29) is 11.8 Å². The Balaban J connectivity index is 1.63. The molecule has 0 atom stereocenters. The molecule has 1 aromatic heterocycles. The van der Waals surface area contributed by atoms with Crippen LogP contribution >= 0.6 is 0 Å². The monoisotopic (exact) mass is 292 g/mol. The minimum Gasteiger partial charge on any atom is -0.396 e. The predicted molar refractivity (Wildman–Crippen MR) is 84.6 cm³/mol. The molecule has 1 amide bonds. The van der Waals surface area contributed by atoms with Gasteiger partial charge in [-0.05, 0) is 31.6 Å². The lowest BCUT2D eigenvalue weighted by atomic mass is 9.79. The number of nitrogen functional groups attached to an aromatic ring is 1. The Morgan fingerprint density at radius 1 is 1.43 bits per heavy atom. The van der Waals surface area contributed by atoms with E-state index in [1.54, 1.807) is 17.1 Å².